The number of hydrogen-bond donors (Lipinski definition) is 3. The van der Waals surface area contributed by atoms with Crippen LogP contribution in [0.3, 0.4) is 0 Å². The Hall–Kier alpha value is -2.08. The summed E-state index contributed by atoms with van der Waals surface area (Å²) in [7, 11) is 0. The molecule has 1 aliphatic heterocycles. The van der Waals surface area contributed by atoms with Crippen molar-refractivity contribution in [2.75, 3.05) is 18.4 Å². The summed E-state index contributed by atoms with van der Waals surface area (Å²) >= 11 is 0. The molecule has 0 bridgehead atoms. The van der Waals surface area contributed by atoms with Gasteiger partial charge in [-0.25, -0.2) is 9.80 Å². The fraction of sp³-hybridized carbons (Fsp3) is 0.467. The van der Waals surface area contributed by atoms with Crippen LogP contribution in [0.5, 0.6) is 0 Å². The number of urea groups is 1. The van der Waals surface area contributed by atoms with Gasteiger partial charge in [-0.15, -0.1) is 0 Å². The maximum absolute atomic E-state index is 11.8. The number of amides is 2. The molecule has 6 nitrogen and oxygen atoms in total. The fourth-order valence-electron chi connectivity index (χ4n) is 2.31. The minimum atomic E-state index is -0.807. The Bertz CT molecular complexity index is 481. The first-order chi connectivity index (χ1) is 10.1. The van der Waals surface area contributed by atoms with Crippen LogP contribution in [0.25, 0.3) is 0 Å². The second kappa shape index (κ2) is 7.64. The molecule has 2 amide bonds. The average molecular weight is 291 g/mol. The molecule has 6 heteroatoms. The molecule has 1 aromatic carbocycles. The standard InChI is InChI=1S/C15H21N3O3/c19-14(20)9-6-12-4-7-13(8-5-12)16-15(21)17-18-10-2-1-3-11-18/h4-5,7-8H,1-3,6,9-11H2,(H,19,20)(H2,16,17,21). The lowest BCUT2D eigenvalue weighted by atomic mass is 10.1. The second-order valence-corrected chi connectivity index (χ2v) is 5.20. The summed E-state index contributed by atoms with van der Waals surface area (Å²) in [5.74, 6) is -0.807. The molecule has 0 aliphatic carbocycles. The third-order valence-corrected chi connectivity index (χ3v) is 3.46. The average Bonchev–Trinajstić information content (AvgIpc) is 2.47. The Morgan fingerprint density at radius 3 is 2.38 bits per heavy atom. The summed E-state index contributed by atoms with van der Waals surface area (Å²) in [6, 6.07) is 6.99. The van der Waals surface area contributed by atoms with Gasteiger partial charge in [0.1, 0.15) is 0 Å². The molecule has 0 saturated carbocycles. The number of carboxylic acid groups (broad SMARTS) is 1. The molecule has 1 fully saturated rings. The number of aryl methyl sites for hydroxylation is 1. The van der Waals surface area contributed by atoms with E-state index in [4.69, 9.17) is 5.11 Å². The summed E-state index contributed by atoms with van der Waals surface area (Å²) in [6.07, 6.45) is 4.05. The number of carbonyl (C=O) groups excluding carboxylic acids is 1. The molecule has 1 aliphatic rings. The molecule has 0 spiro atoms. The van der Waals surface area contributed by atoms with Crippen molar-refractivity contribution >= 4 is 17.7 Å². The van der Waals surface area contributed by atoms with Crippen molar-refractivity contribution in [2.45, 2.75) is 32.1 Å². The number of benzene rings is 1. The smallest absolute Gasteiger partial charge is 0.333 e. The van der Waals surface area contributed by atoms with E-state index in [2.05, 4.69) is 10.7 Å². The lowest BCUT2D eigenvalue weighted by Crippen LogP contribution is -2.46. The van der Waals surface area contributed by atoms with Gasteiger partial charge >= 0.3 is 12.0 Å². The molecule has 0 radical (unpaired) electrons. The van der Waals surface area contributed by atoms with Crippen LogP contribution >= 0.6 is 0 Å². The van der Waals surface area contributed by atoms with Crippen LogP contribution in [0.4, 0.5) is 10.5 Å². The number of nitrogens with zero attached hydrogens (tertiary/aromatic N) is 1. The zero-order valence-electron chi connectivity index (χ0n) is 12.0. The molecule has 0 atom stereocenters. The van der Waals surface area contributed by atoms with Crippen molar-refractivity contribution in [3.05, 3.63) is 29.8 Å². The fourth-order valence-corrected chi connectivity index (χ4v) is 2.31. The van der Waals surface area contributed by atoms with Crippen LogP contribution in [0.1, 0.15) is 31.2 Å². The zero-order chi connectivity index (χ0) is 15.1. The van der Waals surface area contributed by atoms with Gasteiger partial charge in [0.05, 0.1) is 0 Å². The van der Waals surface area contributed by atoms with Gasteiger partial charge in [0.25, 0.3) is 0 Å². The lowest BCUT2D eigenvalue weighted by Gasteiger charge is -2.26. The zero-order valence-corrected chi connectivity index (χ0v) is 12.0. The van der Waals surface area contributed by atoms with E-state index in [1.165, 1.54) is 6.42 Å². The van der Waals surface area contributed by atoms with Crippen molar-refractivity contribution in [1.29, 1.82) is 0 Å². The SMILES string of the molecule is O=C(O)CCc1ccc(NC(=O)NN2CCCCC2)cc1. The number of aliphatic carboxylic acids is 1. The number of anilines is 1. The number of nitrogens with one attached hydrogen (secondary N) is 2. The quantitative estimate of drug-likeness (QED) is 0.777. The van der Waals surface area contributed by atoms with E-state index in [0.29, 0.717) is 12.1 Å². The molecule has 1 heterocycles. The first-order valence-corrected chi connectivity index (χ1v) is 7.27. The highest BCUT2D eigenvalue weighted by molar-refractivity contribution is 5.88. The van der Waals surface area contributed by atoms with E-state index >= 15 is 0 Å². The molecule has 3 N–H and O–H groups in total. The highest BCUT2D eigenvalue weighted by Crippen LogP contribution is 2.11. The predicted octanol–water partition coefficient (Wildman–Crippen LogP) is 2.23. The third-order valence-electron chi connectivity index (χ3n) is 3.46. The highest BCUT2D eigenvalue weighted by Gasteiger charge is 2.12. The van der Waals surface area contributed by atoms with Crippen LogP contribution in [0.2, 0.25) is 0 Å². The third kappa shape index (κ3) is 5.43. The summed E-state index contributed by atoms with van der Waals surface area (Å²) in [4.78, 5) is 22.3. The van der Waals surface area contributed by atoms with Crippen LogP contribution in [-0.4, -0.2) is 35.2 Å². The van der Waals surface area contributed by atoms with E-state index in [0.717, 1.165) is 31.5 Å². The summed E-state index contributed by atoms with van der Waals surface area (Å²) in [5, 5.41) is 13.3. The molecule has 0 aromatic heterocycles. The Labute approximate surface area is 124 Å². The molecular weight excluding hydrogens is 270 g/mol. The number of carboxylic acids is 1. The summed E-state index contributed by atoms with van der Waals surface area (Å²) < 4.78 is 0. The first-order valence-electron chi connectivity index (χ1n) is 7.27. The van der Waals surface area contributed by atoms with Crippen LogP contribution in [0, 0.1) is 0 Å². The van der Waals surface area contributed by atoms with E-state index in [1.54, 1.807) is 12.1 Å². The van der Waals surface area contributed by atoms with Crippen LogP contribution in [-0.2, 0) is 11.2 Å². The molecule has 21 heavy (non-hydrogen) atoms. The van der Waals surface area contributed by atoms with Crippen LogP contribution < -0.4 is 10.7 Å². The monoisotopic (exact) mass is 291 g/mol. The van der Waals surface area contributed by atoms with E-state index in [1.807, 2.05) is 17.1 Å². The van der Waals surface area contributed by atoms with Gasteiger partial charge in [-0.3, -0.25) is 10.2 Å². The van der Waals surface area contributed by atoms with Gasteiger partial charge in [-0.1, -0.05) is 18.6 Å². The lowest BCUT2D eigenvalue weighted by molar-refractivity contribution is -0.136. The Morgan fingerprint density at radius 2 is 1.76 bits per heavy atom. The summed E-state index contributed by atoms with van der Waals surface area (Å²) in [5.41, 5.74) is 4.47. The van der Waals surface area contributed by atoms with Crippen molar-refractivity contribution in [1.82, 2.24) is 10.4 Å². The molecule has 1 saturated heterocycles. The second-order valence-electron chi connectivity index (χ2n) is 5.20. The number of hydrazine groups is 1. The normalized spacial score (nSPS) is 15.4. The number of hydrogen-bond acceptors (Lipinski definition) is 3. The number of rotatable bonds is 5. The van der Waals surface area contributed by atoms with Gasteiger partial charge in [-0.2, -0.15) is 0 Å². The van der Waals surface area contributed by atoms with Gasteiger partial charge in [0.2, 0.25) is 0 Å². The van der Waals surface area contributed by atoms with Crippen molar-refractivity contribution in [3.63, 3.8) is 0 Å². The van der Waals surface area contributed by atoms with Gasteiger partial charge < -0.3 is 10.4 Å². The number of carbonyl (C=O) groups is 2. The highest BCUT2D eigenvalue weighted by atomic mass is 16.4. The van der Waals surface area contributed by atoms with Crippen molar-refractivity contribution in [3.8, 4) is 0 Å². The Kier molecular flexibility index (Phi) is 5.57. The Morgan fingerprint density at radius 1 is 1.10 bits per heavy atom. The van der Waals surface area contributed by atoms with Gasteiger partial charge in [-0.05, 0) is 37.0 Å². The van der Waals surface area contributed by atoms with Crippen LogP contribution in [0.15, 0.2) is 24.3 Å². The minimum absolute atomic E-state index is 0.113. The van der Waals surface area contributed by atoms with Gasteiger partial charge in [0.15, 0.2) is 0 Å². The minimum Gasteiger partial charge on any atom is -0.481 e. The number of piperidine rings is 1. The van der Waals surface area contributed by atoms with E-state index in [-0.39, 0.29) is 12.5 Å². The topological polar surface area (TPSA) is 81.7 Å². The van der Waals surface area contributed by atoms with Crippen molar-refractivity contribution < 1.29 is 14.7 Å². The molecule has 1 aromatic rings. The maximum Gasteiger partial charge on any atom is 0.333 e. The van der Waals surface area contributed by atoms with Crippen molar-refractivity contribution in [2.24, 2.45) is 0 Å². The first kappa shape index (κ1) is 15.3. The van der Waals surface area contributed by atoms with E-state index < -0.39 is 5.97 Å². The molecule has 114 valence electrons. The van der Waals surface area contributed by atoms with E-state index in [9.17, 15) is 9.59 Å². The largest absolute Gasteiger partial charge is 0.481 e. The Balaban J connectivity index is 1.79. The summed E-state index contributed by atoms with van der Waals surface area (Å²) in [6.45, 7) is 1.78. The molecule has 0 unspecified atom stereocenters. The van der Waals surface area contributed by atoms with Gasteiger partial charge in [0, 0.05) is 25.2 Å². The maximum atomic E-state index is 11.8. The molecular formula is C15H21N3O3. The predicted molar refractivity (Wildman–Crippen MR) is 80.0 cm³/mol. The molecule has 2 rings (SSSR count).